The van der Waals surface area contributed by atoms with Gasteiger partial charge in [-0.3, -0.25) is 18.7 Å². The van der Waals surface area contributed by atoms with E-state index in [4.69, 9.17) is 10.5 Å². The monoisotopic (exact) mass is 429 g/mol. The van der Waals surface area contributed by atoms with E-state index in [-0.39, 0.29) is 18.8 Å². The molecule has 2 N–H and O–H groups in total. The molecule has 0 saturated carbocycles. The molecule has 1 atom stereocenters. The second kappa shape index (κ2) is 8.97. The normalized spacial score (nSPS) is 12.6. The first-order valence-electron chi connectivity index (χ1n) is 9.98. The van der Waals surface area contributed by atoms with E-state index in [1.54, 1.807) is 4.57 Å². The Labute approximate surface area is 178 Å². The standard InChI is InChI=1S/C22H27N3O4S/c1-5-17-14(4)19-20(27)24(12-18(23)26)22(28)25(21(19)30-17)11-16(29-13(2)3)15-9-7-6-8-10-15/h6-10,13,16H,5,11-12H2,1-4H3,(H2,23,26)/t16-/m0/s1. The van der Waals surface area contributed by atoms with Gasteiger partial charge in [-0.05, 0) is 38.3 Å². The molecule has 0 fully saturated rings. The zero-order valence-electron chi connectivity index (χ0n) is 17.7. The average molecular weight is 430 g/mol. The molecular weight excluding hydrogens is 402 g/mol. The van der Waals surface area contributed by atoms with Crippen LogP contribution in [0, 0.1) is 6.92 Å². The van der Waals surface area contributed by atoms with Crippen LogP contribution in [0.15, 0.2) is 39.9 Å². The van der Waals surface area contributed by atoms with Crippen molar-refractivity contribution >= 4 is 27.5 Å². The Bertz CT molecular complexity index is 1180. The Balaban J connectivity index is 2.26. The molecule has 1 aromatic carbocycles. The molecule has 0 aliphatic carbocycles. The summed E-state index contributed by atoms with van der Waals surface area (Å²) in [4.78, 5) is 39.5. The van der Waals surface area contributed by atoms with Crippen LogP contribution in [0.3, 0.4) is 0 Å². The number of benzene rings is 1. The molecule has 30 heavy (non-hydrogen) atoms. The molecule has 160 valence electrons. The molecule has 7 nitrogen and oxygen atoms in total. The predicted octanol–water partition coefficient (Wildman–Crippen LogP) is 2.75. The Morgan fingerprint density at radius 2 is 1.83 bits per heavy atom. The van der Waals surface area contributed by atoms with E-state index < -0.39 is 23.7 Å². The molecule has 0 aliphatic heterocycles. The number of primary amides is 1. The van der Waals surface area contributed by atoms with Crippen LogP contribution in [-0.2, 0) is 29.0 Å². The maximum Gasteiger partial charge on any atom is 0.332 e. The van der Waals surface area contributed by atoms with E-state index >= 15 is 0 Å². The van der Waals surface area contributed by atoms with Gasteiger partial charge in [0, 0.05) is 4.88 Å². The van der Waals surface area contributed by atoms with E-state index in [0.29, 0.717) is 10.2 Å². The third-order valence-corrected chi connectivity index (χ3v) is 6.44. The number of thiophene rings is 1. The van der Waals surface area contributed by atoms with Crippen LogP contribution >= 0.6 is 11.3 Å². The van der Waals surface area contributed by atoms with Gasteiger partial charge in [-0.25, -0.2) is 4.79 Å². The van der Waals surface area contributed by atoms with Crippen molar-refractivity contribution in [1.29, 1.82) is 0 Å². The number of aromatic nitrogens is 2. The molecule has 0 aliphatic rings. The number of ether oxygens (including phenoxy) is 1. The van der Waals surface area contributed by atoms with Crippen molar-refractivity contribution in [3.8, 4) is 0 Å². The van der Waals surface area contributed by atoms with E-state index in [0.717, 1.165) is 27.0 Å². The number of aryl methyl sites for hydroxylation is 2. The van der Waals surface area contributed by atoms with Crippen molar-refractivity contribution in [3.63, 3.8) is 0 Å². The average Bonchev–Trinajstić information content (AvgIpc) is 3.04. The van der Waals surface area contributed by atoms with Crippen LogP contribution in [0.5, 0.6) is 0 Å². The fourth-order valence-electron chi connectivity index (χ4n) is 3.62. The predicted molar refractivity (Wildman–Crippen MR) is 119 cm³/mol. The SMILES string of the molecule is CCc1sc2c(c1C)c(=O)n(CC(N)=O)c(=O)n2C[C@H](OC(C)C)c1ccccc1. The van der Waals surface area contributed by atoms with Crippen molar-refractivity contribution in [2.45, 2.75) is 59.4 Å². The minimum Gasteiger partial charge on any atom is -0.369 e. The first kappa shape index (κ1) is 22.0. The molecule has 0 bridgehead atoms. The van der Waals surface area contributed by atoms with Crippen LogP contribution < -0.4 is 17.0 Å². The third-order valence-electron chi connectivity index (χ3n) is 4.98. The Kier molecular flexibility index (Phi) is 6.58. The van der Waals surface area contributed by atoms with E-state index in [9.17, 15) is 14.4 Å². The first-order valence-corrected chi connectivity index (χ1v) is 10.8. The molecular formula is C22H27N3O4S. The summed E-state index contributed by atoms with van der Waals surface area (Å²) in [6.45, 7) is 7.53. The first-order chi connectivity index (χ1) is 14.2. The summed E-state index contributed by atoms with van der Waals surface area (Å²) in [6, 6.07) is 9.66. The molecule has 1 amide bonds. The van der Waals surface area contributed by atoms with Crippen LogP contribution in [0.4, 0.5) is 0 Å². The number of carbonyl (C=O) groups excluding carboxylic acids is 1. The zero-order valence-corrected chi connectivity index (χ0v) is 18.5. The largest absolute Gasteiger partial charge is 0.369 e. The van der Waals surface area contributed by atoms with Crippen molar-refractivity contribution in [2.24, 2.45) is 5.73 Å². The minimum absolute atomic E-state index is 0.0609. The lowest BCUT2D eigenvalue weighted by Crippen LogP contribution is -2.43. The summed E-state index contributed by atoms with van der Waals surface area (Å²) < 4.78 is 8.61. The topological polar surface area (TPSA) is 96.3 Å². The molecule has 0 unspecified atom stereocenters. The van der Waals surface area contributed by atoms with Gasteiger partial charge in [0.1, 0.15) is 17.5 Å². The van der Waals surface area contributed by atoms with Gasteiger partial charge in [0.2, 0.25) is 5.91 Å². The zero-order chi connectivity index (χ0) is 22.0. The van der Waals surface area contributed by atoms with E-state index in [2.05, 4.69) is 0 Å². The molecule has 2 heterocycles. The highest BCUT2D eigenvalue weighted by Crippen LogP contribution is 2.30. The lowest BCUT2D eigenvalue weighted by Gasteiger charge is -2.22. The summed E-state index contributed by atoms with van der Waals surface area (Å²) >= 11 is 1.44. The minimum atomic E-state index is -0.735. The van der Waals surface area contributed by atoms with Crippen molar-refractivity contribution < 1.29 is 9.53 Å². The molecule has 3 rings (SSSR count). The van der Waals surface area contributed by atoms with Crippen LogP contribution in [0.2, 0.25) is 0 Å². The number of carbonyl (C=O) groups is 1. The smallest absolute Gasteiger partial charge is 0.332 e. The molecule has 0 radical (unpaired) electrons. The number of nitrogens with two attached hydrogens (primary N) is 1. The number of amides is 1. The number of hydrogen-bond donors (Lipinski definition) is 1. The fourth-order valence-corrected chi connectivity index (χ4v) is 4.86. The number of rotatable bonds is 8. The van der Waals surface area contributed by atoms with Crippen molar-refractivity contribution in [2.75, 3.05) is 0 Å². The lowest BCUT2D eigenvalue weighted by molar-refractivity contribution is -0.118. The molecule has 0 saturated heterocycles. The molecule has 3 aromatic rings. The highest BCUT2D eigenvalue weighted by molar-refractivity contribution is 7.18. The second-order valence-corrected chi connectivity index (χ2v) is 8.60. The van der Waals surface area contributed by atoms with Crippen LogP contribution in [0.1, 0.15) is 42.9 Å². The number of nitrogens with zero attached hydrogens (tertiary/aromatic N) is 2. The summed E-state index contributed by atoms with van der Waals surface area (Å²) in [5.41, 5.74) is 6.07. The van der Waals surface area contributed by atoms with Gasteiger partial charge in [0.15, 0.2) is 0 Å². The van der Waals surface area contributed by atoms with Gasteiger partial charge in [0.05, 0.1) is 18.0 Å². The van der Waals surface area contributed by atoms with E-state index in [1.807, 2.05) is 58.0 Å². The summed E-state index contributed by atoms with van der Waals surface area (Å²) in [5.74, 6) is -0.735. The second-order valence-electron chi connectivity index (χ2n) is 7.52. The van der Waals surface area contributed by atoms with Crippen molar-refractivity contribution in [1.82, 2.24) is 9.13 Å². The van der Waals surface area contributed by atoms with Gasteiger partial charge in [-0.1, -0.05) is 37.3 Å². The van der Waals surface area contributed by atoms with Gasteiger partial charge in [0.25, 0.3) is 5.56 Å². The quantitative estimate of drug-likeness (QED) is 0.595. The van der Waals surface area contributed by atoms with Crippen LogP contribution in [0.25, 0.3) is 10.2 Å². The third kappa shape index (κ3) is 4.24. The van der Waals surface area contributed by atoms with Gasteiger partial charge < -0.3 is 10.5 Å². The van der Waals surface area contributed by atoms with Crippen LogP contribution in [-0.4, -0.2) is 21.1 Å². The number of fused-ring (bicyclic) bond motifs is 1. The Hall–Kier alpha value is -2.71. The van der Waals surface area contributed by atoms with Gasteiger partial charge in [-0.15, -0.1) is 11.3 Å². The van der Waals surface area contributed by atoms with Gasteiger partial charge in [-0.2, -0.15) is 0 Å². The maximum atomic E-state index is 13.3. The highest BCUT2D eigenvalue weighted by Gasteiger charge is 2.23. The Morgan fingerprint density at radius 1 is 1.17 bits per heavy atom. The highest BCUT2D eigenvalue weighted by atomic mass is 32.1. The van der Waals surface area contributed by atoms with E-state index in [1.165, 1.54) is 11.3 Å². The van der Waals surface area contributed by atoms with Crippen molar-refractivity contribution in [3.05, 3.63) is 67.2 Å². The molecule has 2 aromatic heterocycles. The Morgan fingerprint density at radius 3 is 2.40 bits per heavy atom. The summed E-state index contributed by atoms with van der Waals surface area (Å²) in [7, 11) is 0. The molecule has 0 spiro atoms. The number of hydrogen-bond acceptors (Lipinski definition) is 5. The summed E-state index contributed by atoms with van der Waals surface area (Å²) in [5, 5.41) is 0.467. The lowest BCUT2D eigenvalue weighted by atomic mass is 10.1. The van der Waals surface area contributed by atoms with Gasteiger partial charge >= 0.3 is 5.69 Å². The summed E-state index contributed by atoms with van der Waals surface area (Å²) in [6.07, 6.45) is 0.299. The molecule has 8 heteroatoms. The maximum absolute atomic E-state index is 13.3. The fraction of sp³-hybridized carbons (Fsp3) is 0.409.